The van der Waals surface area contributed by atoms with Gasteiger partial charge in [-0.3, -0.25) is 4.79 Å². The van der Waals surface area contributed by atoms with E-state index in [9.17, 15) is 15.2 Å². The van der Waals surface area contributed by atoms with Crippen LogP contribution in [0.2, 0.25) is 0 Å². The molecule has 7 heteroatoms. The monoisotopic (exact) mass is 390 g/mol. The second kappa shape index (κ2) is 7.94. The van der Waals surface area contributed by atoms with Gasteiger partial charge in [0, 0.05) is 49.3 Å². The van der Waals surface area contributed by atoms with Crippen LogP contribution in [0.3, 0.4) is 0 Å². The molecule has 2 aromatic heterocycles. The Morgan fingerprint density at radius 1 is 1.38 bits per heavy atom. The highest BCUT2D eigenvalue weighted by Crippen LogP contribution is 2.32. The predicted molar refractivity (Wildman–Crippen MR) is 108 cm³/mol. The molecule has 1 saturated heterocycles. The van der Waals surface area contributed by atoms with Gasteiger partial charge < -0.3 is 19.7 Å². The maximum absolute atomic E-state index is 11.9. The van der Waals surface area contributed by atoms with Gasteiger partial charge in [0.2, 0.25) is 0 Å². The van der Waals surface area contributed by atoms with Gasteiger partial charge in [0.05, 0.1) is 5.56 Å². The highest BCUT2D eigenvalue weighted by atomic mass is 16.5. The highest BCUT2D eigenvalue weighted by molar-refractivity contribution is 5.93. The number of aromatic amines is 1. The molecule has 0 aliphatic carbocycles. The van der Waals surface area contributed by atoms with Crippen LogP contribution in [0, 0.1) is 11.3 Å². The third kappa shape index (κ3) is 3.80. The SMILES string of the molecule is CC(O)C(=O)N1CCC(Oc2ccc(-c3c[nH]c4ncccc34)cc2C#N)CC1. The van der Waals surface area contributed by atoms with E-state index in [2.05, 4.69) is 16.0 Å². The number of carbonyl (C=O) groups is 1. The largest absolute Gasteiger partial charge is 0.489 e. The average Bonchev–Trinajstić information content (AvgIpc) is 3.18. The Kier molecular flexibility index (Phi) is 5.19. The number of aliphatic hydroxyl groups is 1. The molecule has 1 aromatic carbocycles. The van der Waals surface area contributed by atoms with Crippen LogP contribution >= 0.6 is 0 Å². The molecule has 1 amide bonds. The highest BCUT2D eigenvalue weighted by Gasteiger charge is 2.26. The van der Waals surface area contributed by atoms with Crippen molar-refractivity contribution in [3.8, 4) is 22.9 Å². The van der Waals surface area contributed by atoms with Crippen molar-refractivity contribution in [1.82, 2.24) is 14.9 Å². The second-order valence-corrected chi connectivity index (χ2v) is 7.24. The van der Waals surface area contributed by atoms with Gasteiger partial charge in [0.25, 0.3) is 5.91 Å². The van der Waals surface area contributed by atoms with Gasteiger partial charge in [-0.1, -0.05) is 6.07 Å². The molecular formula is C22H22N4O3. The van der Waals surface area contributed by atoms with E-state index >= 15 is 0 Å². The van der Waals surface area contributed by atoms with Crippen LogP contribution in [0.5, 0.6) is 5.75 Å². The lowest BCUT2D eigenvalue weighted by molar-refractivity contribution is -0.141. The molecule has 3 heterocycles. The van der Waals surface area contributed by atoms with Gasteiger partial charge in [-0.05, 0) is 36.8 Å². The second-order valence-electron chi connectivity index (χ2n) is 7.24. The van der Waals surface area contributed by atoms with E-state index in [1.165, 1.54) is 6.92 Å². The first-order valence-electron chi connectivity index (χ1n) is 9.67. The summed E-state index contributed by atoms with van der Waals surface area (Å²) >= 11 is 0. The lowest BCUT2D eigenvalue weighted by atomic mass is 10.0. The Hall–Kier alpha value is -3.37. The van der Waals surface area contributed by atoms with Crippen molar-refractivity contribution in [1.29, 1.82) is 5.26 Å². The number of ether oxygens (including phenoxy) is 1. The maximum atomic E-state index is 11.9. The van der Waals surface area contributed by atoms with Crippen LogP contribution in [0.15, 0.2) is 42.7 Å². The number of aliphatic hydroxyl groups excluding tert-OH is 1. The number of hydrogen-bond acceptors (Lipinski definition) is 5. The Morgan fingerprint density at radius 2 is 2.17 bits per heavy atom. The summed E-state index contributed by atoms with van der Waals surface area (Å²) in [5.41, 5.74) is 3.19. The fourth-order valence-electron chi connectivity index (χ4n) is 3.72. The minimum Gasteiger partial charge on any atom is -0.489 e. The zero-order valence-electron chi connectivity index (χ0n) is 16.1. The number of piperidine rings is 1. The molecule has 7 nitrogen and oxygen atoms in total. The van der Waals surface area contributed by atoms with Gasteiger partial charge in [0.1, 0.15) is 29.7 Å². The van der Waals surface area contributed by atoms with Crippen LogP contribution in [-0.2, 0) is 4.79 Å². The van der Waals surface area contributed by atoms with E-state index in [0.717, 1.165) is 22.2 Å². The Morgan fingerprint density at radius 3 is 2.90 bits per heavy atom. The maximum Gasteiger partial charge on any atom is 0.251 e. The quantitative estimate of drug-likeness (QED) is 0.713. The van der Waals surface area contributed by atoms with E-state index < -0.39 is 6.10 Å². The summed E-state index contributed by atoms with van der Waals surface area (Å²) in [6.45, 7) is 2.56. The Bertz CT molecular complexity index is 1080. The van der Waals surface area contributed by atoms with Gasteiger partial charge in [-0.15, -0.1) is 0 Å². The summed E-state index contributed by atoms with van der Waals surface area (Å²) in [6, 6.07) is 11.7. The lowest BCUT2D eigenvalue weighted by Gasteiger charge is -2.33. The molecule has 0 radical (unpaired) electrons. The number of nitrogens with zero attached hydrogens (tertiary/aromatic N) is 3. The molecule has 1 fully saturated rings. The number of hydrogen-bond donors (Lipinski definition) is 2. The van der Waals surface area contributed by atoms with Crippen molar-refractivity contribution >= 4 is 16.9 Å². The molecule has 1 atom stereocenters. The topological polar surface area (TPSA) is 102 Å². The molecular weight excluding hydrogens is 368 g/mol. The molecule has 2 N–H and O–H groups in total. The van der Waals surface area contributed by atoms with Gasteiger partial charge in [-0.25, -0.2) is 4.98 Å². The van der Waals surface area contributed by atoms with Crippen molar-refractivity contribution < 1.29 is 14.6 Å². The Labute approximate surface area is 168 Å². The van der Waals surface area contributed by atoms with Crippen molar-refractivity contribution in [2.45, 2.75) is 32.0 Å². The van der Waals surface area contributed by atoms with Crippen LogP contribution in [0.4, 0.5) is 0 Å². The molecule has 29 heavy (non-hydrogen) atoms. The number of H-pyrrole nitrogens is 1. The Balaban J connectivity index is 1.50. The molecule has 4 rings (SSSR count). The normalized spacial score (nSPS) is 15.8. The number of fused-ring (bicyclic) bond motifs is 1. The van der Waals surface area contributed by atoms with Gasteiger partial charge in [0.15, 0.2) is 0 Å². The molecule has 0 spiro atoms. The number of rotatable bonds is 4. The number of nitriles is 1. The minimum atomic E-state index is -0.982. The van der Waals surface area contributed by atoms with Crippen molar-refractivity contribution in [2.24, 2.45) is 0 Å². The number of benzene rings is 1. The zero-order chi connectivity index (χ0) is 20.4. The first-order valence-corrected chi connectivity index (χ1v) is 9.67. The molecule has 1 aliphatic heterocycles. The summed E-state index contributed by atoms with van der Waals surface area (Å²) in [5, 5.41) is 20.1. The number of carbonyl (C=O) groups excluding carboxylic acids is 1. The summed E-state index contributed by atoms with van der Waals surface area (Å²) in [6.07, 6.45) is 3.91. The minimum absolute atomic E-state index is 0.0664. The average molecular weight is 390 g/mol. The first-order chi connectivity index (χ1) is 14.1. The molecule has 148 valence electrons. The van der Waals surface area contributed by atoms with Gasteiger partial charge in [-0.2, -0.15) is 5.26 Å². The first kappa shape index (κ1) is 19.0. The summed E-state index contributed by atoms with van der Waals surface area (Å²) in [4.78, 5) is 21.0. The summed E-state index contributed by atoms with van der Waals surface area (Å²) < 4.78 is 6.08. The van der Waals surface area contributed by atoms with Crippen LogP contribution < -0.4 is 4.74 Å². The van der Waals surface area contributed by atoms with E-state index in [1.807, 2.05) is 36.5 Å². The van der Waals surface area contributed by atoms with Crippen molar-refractivity contribution in [2.75, 3.05) is 13.1 Å². The number of amides is 1. The number of aromatic nitrogens is 2. The number of likely N-dealkylation sites (tertiary alicyclic amines) is 1. The number of pyridine rings is 1. The fourth-order valence-corrected chi connectivity index (χ4v) is 3.72. The zero-order valence-corrected chi connectivity index (χ0v) is 16.1. The predicted octanol–water partition coefficient (Wildman–Crippen LogP) is 2.85. The molecule has 1 unspecified atom stereocenters. The van der Waals surface area contributed by atoms with E-state index in [0.29, 0.717) is 37.2 Å². The fraction of sp³-hybridized carbons (Fsp3) is 0.318. The lowest BCUT2D eigenvalue weighted by Crippen LogP contribution is -2.45. The van der Waals surface area contributed by atoms with E-state index in [-0.39, 0.29) is 12.0 Å². The van der Waals surface area contributed by atoms with Crippen molar-refractivity contribution in [3.05, 3.63) is 48.3 Å². The number of nitrogens with one attached hydrogen (secondary N) is 1. The van der Waals surface area contributed by atoms with Crippen molar-refractivity contribution in [3.63, 3.8) is 0 Å². The van der Waals surface area contributed by atoms with Crippen LogP contribution in [0.25, 0.3) is 22.2 Å². The third-order valence-electron chi connectivity index (χ3n) is 5.27. The molecule has 3 aromatic rings. The summed E-state index contributed by atoms with van der Waals surface area (Å²) in [7, 11) is 0. The van der Waals surface area contributed by atoms with Gasteiger partial charge >= 0.3 is 0 Å². The smallest absolute Gasteiger partial charge is 0.251 e. The van der Waals surface area contributed by atoms with Crippen LogP contribution in [-0.4, -0.2) is 51.2 Å². The van der Waals surface area contributed by atoms with E-state index in [1.54, 1.807) is 11.1 Å². The van der Waals surface area contributed by atoms with Crippen LogP contribution in [0.1, 0.15) is 25.3 Å². The van der Waals surface area contributed by atoms with E-state index in [4.69, 9.17) is 4.74 Å². The summed E-state index contributed by atoms with van der Waals surface area (Å²) in [5.74, 6) is 0.299. The third-order valence-corrected chi connectivity index (χ3v) is 5.27. The molecule has 0 saturated carbocycles. The molecule has 1 aliphatic rings. The standard InChI is InChI=1S/C22H22N4O3/c1-14(27)22(28)26-9-6-17(7-10-26)29-20-5-4-15(11-16(20)12-23)19-13-25-21-18(19)3-2-8-24-21/h2-5,8,11,13-14,17,27H,6-7,9-10H2,1H3,(H,24,25). The molecule has 0 bridgehead atoms.